The number of rotatable bonds is 2. The molecule has 0 bridgehead atoms. The first kappa shape index (κ1) is 15.0. The second-order valence-electron chi connectivity index (χ2n) is 6.60. The molecule has 3 aliphatic rings. The van der Waals surface area contributed by atoms with Gasteiger partial charge in [-0.05, 0) is 64.3 Å². The highest BCUT2D eigenvalue weighted by atomic mass is 14.5. The summed E-state index contributed by atoms with van der Waals surface area (Å²) in [5.41, 5.74) is 9.62. The van der Waals surface area contributed by atoms with E-state index in [1.54, 1.807) is 0 Å². The summed E-state index contributed by atoms with van der Waals surface area (Å²) in [5, 5.41) is 0. The average Bonchev–Trinajstić information content (AvgIpc) is 3.02. The molecule has 0 fully saturated rings. The molecule has 118 valence electrons. The highest BCUT2D eigenvalue weighted by Gasteiger charge is 2.53. The topological polar surface area (TPSA) is 0 Å². The van der Waals surface area contributed by atoms with Crippen LogP contribution in [0.15, 0.2) is 102 Å². The van der Waals surface area contributed by atoms with E-state index in [-0.39, 0.29) is 5.41 Å². The molecule has 0 saturated heterocycles. The molecule has 4 rings (SSSR count). The molecule has 0 radical (unpaired) electrons. The van der Waals surface area contributed by atoms with Crippen molar-refractivity contribution in [1.82, 2.24) is 0 Å². The summed E-state index contributed by atoms with van der Waals surface area (Å²) in [6.45, 7) is 15.1. The molecule has 1 aromatic rings. The standard InChI is InChI=1S/C24H22/c1-5-11-21-18(6-2)20-13-8-10-15-23(20)24(21)17(4)16(3)19-12-7-9-14-22(19)24/h5-7,9,11-15H,2-4,8,10H2,1H3/b11-5-. The van der Waals surface area contributed by atoms with Crippen LogP contribution in [0.25, 0.3) is 5.57 Å². The number of hydrogen-bond acceptors (Lipinski definition) is 0. The molecular formula is C24H22. The van der Waals surface area contributed by atoms with Crippen molar-refractivity contribution in [3.8, 4) is 0 Å². The van der Waals surface area contributed by atoms with Crippen molar-refractivity contribution in [3.05, 3.63) is 113 Å². The van der Waals surface area contributed by atoms with Crippen LogP contribution in [0.4, 0.5) is 0 Å². The third kappa shape index (κ3) is 1.58. The molecule has 1 unspecified atom stereocenters. The van der Waals surface area contributed by atoms with Crippen LogP contribution in [-0.2, 0) is 5.41 Å². The van der Waals surface area contributed by atoms with Crippen molar-refractivity contribution < 1.29 is 0 Å². The number of allylic oxidation sites excluding steroid dienone is 11. The van der Waals surface area contributed by atoms with E-state index < -0.39 is 0 Å². The zero-order chi connectivity index (χ0) is 16.9. The summed E-state index contributed by atoms with van der Waals surface area (Å²) in [6, 6.07) is 8.62. The molecule has 0 nitrogen and oxygen atoms in total. The molecular weight excluding hydrogens is 288 g/mol. The van der Waals surface area contributed by atoms with E-state index in [0.717, 1.165) is 24.0 Å². The summed E-state index contributed by atoms with van der Waals surface area (Å²) in [7, 11) is 0. The van der Waals surface area contributed by atoms with Gasteiger partial charge >= 0.3 is 0 Å². The Kier molecular flexibility index (Phi) is 3.25. The van der Waals surface area contributed by atoms with Gasteiger partial charge in [-0.1, -0.05) is 74.4 Å². The maximum absolute atomic E-state index is 4.51. The molecule has 0 N–H and O–H groups in total. The van der Waals surface area contributed by atoms with Gasteiger partial charge in [0.05, 0.1) is 5.41 Å². The quantitative estimate of drug-likeness (QED) is 0.607. The van der Waals surface area contributed by atoms with Gasteiger partial charge in [-0.2, -0.15) is 0 Å². The molecule has 3 aliphatic carbocycles. The van der Waals surface area contributed by atoms with E-state index in [1.807, 2.05) is 6.08 Å². The molecule has 1 atom stereocenters. The van der Waals surface area contributed by atoms with E-state index >= 15 is 0 Å². The Morgan fingerprint density at radius 2 is 1.83 bits per heavy atom. The predicted octanol–water partition coefficient (Wildman–Crippen LogP) is 6.23. The normalized spacial score (nSPS) is 25.2. The Morgan fingerprint density at radius 1 is 1.08 bits per heavy atom. The van der Waals surface area contributed by atoms with E-state index in [0.29, 0.717) is 0 Å². The first-order chi connectivity index (χ1) is 11.7. The fourth-order valence-corrected chi connectivity index (χ4v) is 4.62. The minimum absolute atomic E-state index is 0.296. The van der Waals surface area contributed by atoms with E-state index in [1.165, 1.54) is 33.4 Å². The van der Waals surface area contributed by atoms with Crippen molar-refractivity contribution in [3.63, 3.8) is 0 Å². The molecule has 0 amide bonds. The van der Waals surface area contributed by atoms with Crippen LogP contribution >= 0.6 is 0 Å². The third-order valence-electron chi connectivity index (χ3n) is 5.55. The number of fused-ring (bicyclic) bond motifs is 4. The second kappa shape index (κ2) is 5.21. The molecule has 0 aliphatic heterocycles. The van der Waals surface area contributed by atoms with Crippen molar-refractivity contribution in [2.45, 2.75) is 25.2 Å². The van der Waals surface area contributed by atoms with E-state index in [2.05, 4.69) is 75.2 Å². The largest absolute Gasteiger partial charge is 0.0984 e. The molecule has 0 heteroatoms. The Bertz CT molecular complexity index is 911. The van der Waals surface area contributed by atoms with Crippen LogP contribution < -0.4 is 0 Å². The Morgan fingerprint density at radius 3 is 2.58 bits per heavy atom. The van der Waals surface area contributed by atoms with Gasteiger partial charge in [-0.3, -0.25) is 0 Å². The molecule has 1 aromatic carbocycles. The highest BCUT2D eigenvalue weighted by molar-refractivity contribution is 5.96. The Hall–Kier alpha value is -2.60. The Labute approximate surface area is 144 Å². The average molecular weight is 310 g/mol. The van der Waals surface area contributed by atoms with Crippen molar-refractivity contribution >= 4 is 5.57 Å². The lowest BCUT2D eigenvalue weighted by molar-refractivity contribution is 0.770. The maximum atomic E-state index is 4.51. The van der Waals surface area contributed by atoms with Gasteiger partial charge in [0.2, 0.25) is 0 Å². The summed E-state index contributed by atoms with van der Waals surface area (Å²) >= 11 is 0. The Balaban J connectivity index is 2.17. The van der Waals surface area contributed by atoms with Crippen LogP contribution in [0.5, 0.6) is 0 Å². The van der Waals surface area contributed by atoms with Gasteiger partial charge in [0.25, 0.3) is 0 Å². The van der Waals surface area contributed by atoms with E-state index in [9.17, 15) is 0 Å². The fraction of sp³-hybridized carbons (Fsp3) is 0.167. The molecule has 24 heavy (non-hydrogen) atoms. The highest BCUT2D eigenvalue weighted by Crippen LogP contribution is 2.64. The lowest BCUT2D eigenvalue weighted by Crippen LogP contribution is -2.27. The summed E-state index contributed by atoms with van der Waals surface area (Å²) in [6.07, 6.45) is 13.3. The van der Waals surface area contributed by atoms with Gasteiger partial charge < -0.3 is 0 Å². The van der Waals surface area contributed by atoms with Crippen molar-refractivity contribution in [1.29, 1.82) is 0 Å². The lowest BCUT2D eigenvalue weighted by Gasteiger charge is -2.32. The van der Waals surface area contributed by atoms with Gasteiger partial charge in [-0.25, -0.2) is 0 Å². The fourth-order valence-electron chi connectivity index (χ4n) is 4.62. The minimum atomic E-state index is -0.296. The smallest absolute Gasteiger partial charge is 0.0716 e. The summed E-state index contributed by atoms with van der Waals surface area (Å²) in [4.78, 5) is 0. The van der Waals surface area contributed by atoms with Gasteiger partial charge in [0, 0.05) is 0 Å². The van der Waals surface area contributed by atoms with Crippen LogP contribution in [0.2, 0.25) is 0 Å². The summed E-state index contributed by atoms with van der Waals surface area (Å²) in [5.74, 6) is 0. The zero-order valence-corrected chi connectivity index (χ0v) is 14.2. The first-order valence-corrected chi connectivity index (χ1v) is 8.57. The van der Waals surface area contributed by atoms with Gasteiger partial charge in [-0.15, -0.1) is 0 Å². The van der Waals surface area contributed by atoms with Crippen LogP contribution in [0, 0.1) is 0 Å². The first-order valence-electron chi connectivity index (χ1n) is 8.57. The monoisotopic (exact) mass is 310 g/mol. The second-order valence-corrected chi connectivity index (χ2v) is 6.60. The van der Waals surface area contributed by atoms with E-state index in [4.69, 9.17) is 0 Å². The molecule has 1 spiro atoms. The molecule has 0 aromatic heterocycles. The number of hydrogen-bond donors (Lipinski definition) is 0. The predicted molar refractivity (Wildman–Crippen MR) is 104 cm³/mol. The van der Waals surface area contributed by atoms with Crippen LogP contribution in [-0.4, -0.2) is 0 Å². The summed E-state index contributed by atoms with van der Waals surface area (Å²) < 4.78 is 0. The van der Waals surface area contributed by atoms with Gasteiger partial charge in [0.15, 0.2) is 0 Å². The molecule has 0 heterocycles. The van der Waals surface area contributed by atoms with Gasteiger partial charge in [0.1, 0.15) is 0 Å². The third-order valence-corrected chi connectivity index (χ3v) is 5.55. The molecule has 0 saturated carbocycles. The SMILES string of the molecule is C=CC1=C(/C=C\C)C2(C(=C)C(=C)c3ccccc32)C2=CCCC=C21. The van der Waals surface area contributed by atoms with Crippen LogP contribution in [0.3, 0.4) is 0 Å². The van der Waals surface area contributed by atoms with Crippen LogP contribution in [0.1, 0.15) is 30.9 Å². The lowest BCUT2D eigenvalue weighted by atomic mass is 9.68. The zero-order valence-electron chi connectivity index (χ0n) is 14.2. The number of benzene rings is 1. The van der Waals surface area contributed by atoms with Crippen molar-refractivity contribution in [2.24, 2.45) is 0 Å². The minimum Gasteiger partial charge on any atom is -0.0984 e. The van der Waals surface area contributed by atoms with Crippen molar-refractivity contribution in [2.75, 3.05) is 0 Å². The maximum Gasteiger partial charge on any atom is 0.0716 e.